The highest BCUT2D eigenvalue weighted by Crippen LogP contribution is 2.20. The molecule has 20 heavy (non-hydrogen) atoms. The first kappa shape index (κ1) is 15.0. The van der Waals surface area contributed by atoms with Crippen molar-refractivity contribution in [2.75, 3.05) is 24.5 Å². The number of anilines is 1. The average molecular weight is 278 g/mol. The van der Waals surface area contributed by atoms with Crippen LogP contribution in [0.15, 0.2) is 17.1 Å². The molecule has 0 radical (unpaired) electrons. The molecule has 0 atom stereocenters. The van der Waals surface area contributed by atoms with E-state index >= 15 is 0 Å². The third-order valence-electron chi connectivity index (χ3n) is 4.10. The van der Waals surface area contributed by atoms with Crippen molar-refractivity contribution in [2.45, 2.75) is 46.1 Å². The van der Waals surface area contributed by atoms with Gasteiger partial charge in [-0.1, -0.05) is 13.8 Å². The van der Waals surface area contributed by atoms with Crippen LogP contribution >= 0.6 is 0 Å². The zero-order valence-electron chi connectivity index (χ0n) is 12.6. The standard InChI is InChI=1S/C15H26N4O/c1-15(2,12-16)6-5-9-19-14(20)10-13(11-17-19)18-7-3-4-8-18/h10-11H,3-9,12,16H2,1-2H3. The van der Waals surface area contributed by atoms with Crippen molar-refractivity contribution in [3.63, 3.8) is 0 Å². The van der Waals surface area contributed by atoms with Crippen molar-refractivity contribution < 1.29 is 0 Å². The second-order valence-electron chi connectivity index (χ2n) is 6.44. The van der Waals surface area contributed by atoms with Crippen molar-refractivity contribution in [3.8, 4) is 0 Å². The van der Waals surface area contributed by atoms with Gasteiger partial charge in [0.15, 0.2) is 0 Å². The molecule has 0 spiro atoms. The number of hydrogen-bond acceptors (Lipinski definition) is 4. The molecule has 5 nitrogen and oxygen atoms in total. The van der Waals surface area contributed by atoms with Crippen molar-refractivity contribution in [1.82, 2.24) is 9.78 Å². The van der Waals surface area contributed by atoms with Gasteiger partial charge in [0.2, 0.25) is 0 Å². The first-order chi connectivity index (χ1) is 9.52. The smallest absolute Gasteiger partial charge is 0.268 e. The summed E-state index contributed by atoms with van der Waals surface area (Å²) in [4.78, 5) is 14.3. The molecule has 1 fully saturated rings. The Labute approximate surface area is 120 Å². The molecule has 2 heterocycles. The van der Waals surface area contributed by atoms with Gasteiger partial charge >= 0.3 is 0 Å². The molecule has 0 aromatic carbocycles. The van der Waals surface area contributed by atoms with Crippen LogP contribution in [0.5, 0.6) is 0 Å². The lowest BCUT2D eigenvalue weighted by Gasteiger charge is -2.22. The number of hydrogen-bond donors (Lipinski definition) is 1. The minimum atomic E-state index is -0.0000420. The van der Waals surface area contributed by atoms with Crippen molar-refractivity contribution >= 4 is 5.69 Å². The summed E-state index contributed by atoms with van der Waals surface area (Å²) in [7, 11) is 0. The van der Waals surface area contributed by atoms with E-state index in [1.54, 1.807) is 10.7 Å². The number of rotatable bonds is 6. The topological polar surface area (TPSA) is 64.2 Å². The van der Waals surface area contributed by atoms with Crippen LogP contribution in [-0.4, -0.2) is 29.4 Å². The Morgan fingerprint density at radius 1 is 1.35 bits per heavy atom. The van der Waals surface area contributed by atoms with E-state index in [1.807, 2.05) is 6.20 Å². The van der Waals surface area contributed by atoms with E-state index in [1.165, 1.54) is 12.8 Å². The first-order valence-corrected chi connectivity index (χ1v) is 7.54. The normalized spacial score (nSPS) is 15.8. The van der Waals surface area contributed by atoms with Gasteiger partial charge in [-0.2, -0.15) is 5.10 Å². The summed E-state index contributed by atoms with van der Waals surface area (Å²) >= 11 is 0. The maximum Gasteiger partial charge on any atom is 0.268 e. The van der Waals surface area contributed by atoms with Crippen LogP contribution in [0.1, 0.15) is 39.5 Å². The van der Waals surface area contributed by atoms with Gasteiger partial charge in [-0.15, -0.1) is 0 Å². The Bertz CT molecular complexity index is 489. The molecule has 0 amide bonds. The molecule has 0 bridgehead atoms. The van der Waals surface area contributed by atoms with Gasteiger partial charge < -0.3 is 10.6 Å². The number of aryl methyl sites for hydroxylation is 1. The highest BCUT2D eigenvalue weighted by Gasteiger charge is 2.16. The van der Waals surface area contributed by atoms with Gasteiger partial charge in [-0.05, 0) is 37.6 Å². The summed E-state index contributed by atoms with van der Waals surface area (Å²) in [5.74, 6) is 0. The van der Waals surface area contributed by atoms with Crippen LogP contribution < -0.4 is 16.2 Å². The molecular formula is C15H26N4O. The van der Waals surface area contributed by atoms with Crippen LogP contribution in [0, 0.1) is 5.41 Å². The quantitative estimate of drug-likeness (QED) is 0.858. The van der Waals surface area contributed by atoms with E-state index in [0.717, 1.165) is 31.6 Å². The Morgan fingerprint density at radius 2 is 2.05 bits per heavy atom. The fraction of sp³-hybridized carbons (Fsp3) is 0.733. The molecule has 0 aliphatic carbocycles. The maximum absolute atomic E-state index is 12.1. The molecule has 1 aliphatic heterocycles. The maximum atomic E-state index is 12.1. The zero-order chi connectivity index (χ0) is 14.6. The molecule has 1 aliphatic rings. The monoisotopic (exact) mass is 278 g/mol. The number of nitrogens with zero attached hydrogens (tertiary/aromatic N) is 3. The van der Waals surface area contributed by atoms with Crippen LogP contribution in [0.4, 0.5) is 5.69 Å². The second kappa shape index (κ2) is 6.39. The lowest BCUT2D eigenvalue weighted by atomic mass is 9.88. The van der Waals surface area contributed by atoms with Crippen LogP contribution in [0.25, 0.3) is 0 Å². The highest BCUT2D eigenvalue weighted by atomic mass is 16.1. The molecule has 112 valence electrons. The van der Waals surface area contributed by atoms with E-state index in [2.05, 4.69) is 23.8 Å². The predicted molar refractivity (Wildman–Crippen MR) is 82.0 cm³/mol. The van der Waals surface area contributed by atoms with Gasteiger partial charge in [-0.3, -0.25) is 4.79 Å². The molecule has 5 heteroatoms. The largest absolute Gasteiger partial charge is 0.370 e. The number of aromatic nitrogens is 2. The minimum Gasteiger partial charge on any atom is -0.370 e. The molecule has 1 aromatic rings. The Balaban J connectivity index is 1.94. The Hall–Kier alpha value is -1.36. The summed E-state index contributed by atoms with van der Waals surface area (Å²) in [5.41, 5.74) is 6.82. The first-order valence-electron chi connectivity index (χ1n) is 7.54. The minimum absolute atomic E-state index is 0.0000420. The van der Waals surface area contributed by atoms with Crippen molar-refractivity contribution in [3.05, 3.63) is 22.6 Å². The van der Waals surface area contributed by atoms with E-state index in [9.17, 15) is 4.79 Å². The van der Waals surface area contributed by atoms with E-state index < -0.39 is 0 Å². The van der Waals surface area contributed by atoms with Crippen LogP contribution in [-0.2, 0) is 6.54 Å². The van der Waals surface area contributed by atoms with Gasteiger partial charge in [0.1, 0.15) is 0 Å². The molecular weight excluding hydrogens is 252 g/mol. The molecule has 0 saturated carbocycles. The molecule has 0 unspecified atom stereocenters. The molecule has 1 aromatic heterocycles. The van der Waals surface area contributed by atoms with Gasteiger partial charge in [0.25, 0.3) is 5.56 Å². The lowest BCUT2D eigenvalue weighted by Crippen LogP contribution is -2.28. The molecule has 1 saturated heterocycles. The lowest BCUT2D eigenvalue weighted by molar-refractivity contribution is 0.322. The summed E-state index contributed by atoms with van der Waals surface area (Å²) in [6.07, 6.45) is 6.17. The highest BCUT2D eigenvalue weighted by molar-refractivity contribution is 5.43. The van der Waals surface area contributed by atoms with Crippen molar-refractivity contribution in [2.24, 2.45) is 11.1 Å². The summed E-state index contributed by atoms with van der Waals surface area (Å²) in [6, 6.07) is 1.71. The number of nitrogens with two attached hydrogens (primary N) is 1. The third-order valence-corrected chi connectivity index (χ3v) is 4.10. The van der Waals surface area contributed by atoms with Gasteiger partial charge in [0, 0.05) is 25.7 Å². The van der Waals surface area contributed by atoms with Gasteiger partial charge in [-0.25, -0.2) is 4.68 Å². The fourth-order valence-electron chi connectivity index (χ4n) is 2.55. The third kappa shape index (κ3) is 3.82. The summed E-state index contributed by atoms with van der Waals surface area (Å²) < 4.78 is 1.56. The van der Waals surface area contributed by atoms with Crippen molar-refractivity contribution in [1.29, 1.82) is 0 Å². The van der Waals surface area contributed by atoms with Gasteiger partial charge in [0.05, 0.1) is 11.9 Å². The Kier molecular flexibility index (Phi) is 4.81. The predicted octanol–water partition coefficient (Wildman–Crippen LogP) is 1.61. The van der Waals surface area contributed by atoms with E-state index in [-0.39, 0.29) is 11.0 Å². The van der Waals surface area contributed by atoms with Crippen LogP contribution in [0.3, 0.4) is 0 Å². The molecule has 2 N–H and O–H groups in total. The van der Waals surface area contributed by atoms with E-state index in [0.29, 0.717) is 13.1 Å². The average Bonchev–Trinajstić information content (AvgIpc) is 2.94. The zero-order valence-corrected chi connectivity index (χ0v) is 12.6. The fourth-order valence-corrected chi connectivity index (χ4v) is 2.55. The van der Waals surface area contributed by atoms with Crippen LogP contribution in [0.2, 0.25) is 0 Å². The summed E-state index contributed by atoms with van der Waals surface area (Å²) in [5, 5.41) is 4.30. The summed E-state index contributed by atoms with van der Waals surface area (Å²) in [6.45, 7) is 7.72. The second-order valence-corrected chi connectivity index (χ2v) is 6.44. The molecule has 2 rings (SSSR count). The Morgan fingerprint density at radius 3 is 2.65 bits per heavy atom. The SMILES string of the molecule is CC(C)(CN)CCCn1ncc(N2CCCC2)cc1=O. The van der Waals surface area contributed by atoms with E-state index in [4.69, 9.17) is 5.73 Å².